The molecule has 1 aliphatic rings. The lowest BCUT2D eigenvalue weighted by Gasteiger charge is -2.24. The van der Waals surface area contributed by atoms with Crippen LogP contribution in [0.1, 0.15) is 43.2 Å². The molecule has 1 fully saturated rings. The maximum absolute atomic E-state index is 10.0. The van der Waals surface area contributed by atoms with E-state index in [1.807, 2.05) is 25.1 Å². The van der Waals surface area contributed by atoms with Crippen LogP contribution in [0.25, 0.3) is 11.5 Å². The lowest BCUT2D eigenvalue weighted by molar-refractivity contribution is 0.0908. The molecule has 2 atom stereocenters. The zero-order valence-electron chi connectivity index (χ0n) is 10.9. The summed E-state index contributed by atoms with van der Waals surface area (Å²) in [6.07, 6.45) is 3.52. The first-order valence-corrected chi connectivity index (χ1v) is 6.70. The Labute approximate surface area is 111 Å². The van der Waals surface area contributed by atoms with Crippen LogP contribution in [0.3, 0.4) is 0 Å². The van der Waals surface area contributed by atoms with Gasteiger partial charge in [0.2, 0.25) is 11.7 Å². The molecule has 0 aliphatic heterocycles. The summed E-state index contributed by atoms with van der Waals surface area (Å²) in [4.78, 5) is 8.77. The van der Waals surface area contributed by atoms with Gasteiger partial charge in [-0.05, 0) is 31.9 Å². The van der Waals surface area contributed by atoms with E-state index in [0.717, 1.165) is 31.4 Å². The van der Waals surface area contributed by atoms with Gasteiger partial charge in [0.25, 0.3) is 0 Å². The Morgan fingerprint density at radius 1 is 1.21 bits per heavy atom. The van der Waals surface area contributed by atoms with E-state index in [9.17, 15) is 5.11 Å². The van der Waals surface area contributed by atoms with E-state index in [0.29, 0.717) is 17.4 Å². The summed E-state index contributed by atoms with van der Waals surface area (Å²) in [5.41, 5.74) is 1.63. The molecule has 0 bridgehead atoms. The summed E-state index contributed by atoms with van der Waals surface area (Å²) in [5, 5.41) is 14.0. The third kappa shape index (κ3) is 2.51. The van der Waals surface area contributed by atoms with Gasteiger partial charge in [-0.2, -0.15) is 4.98 Å². The maximum Gasteiger partial charge on any atom is 0.232 e. The van der Waals surface area contributed by atoms with Crippen LogP contribution in [0, 0.1) is 6.92 Å². The van der Waals surface area contributed by atoms with Crippen LogP contribution in [-0.2, 0) is 0 Å². The van der Waals surface area contributed by atoms with E-state index < -0.39 is 0 Å². The molecule has 2 unspecified atom stereocenters. The third-order valence-electron chi connectivity index (χ3n) is 3.61. The highest BCUT2D eigenvalue weighted by molar-refractivity contribution is 5.48. The normalized spacial score (nSPS) is 23.5. The minimum atomic E-state index is -0.368. The van der Waals surface area contributed by atoms with Gasteiger partial charge in [-0.15, -0.1) is 0 Å². The van der Waals surface area contributed by atoms with Crippen molar-refractivity contribution in [3.63, 3.8) is 0 Å². The minimum absolute atomic E-state index is 0.0280. The van der Waals surface area contributed by atoms with Gasteiger partial charge in [-0.3, -0.25) is 0 Å². The molecule has 5 heteroatoms. The first kappa shape index (κ1) is 12.3. The molecule has 1 aliphatic carbocycles. The zero-order valence-corrected chi connectivity index (χ0v) is 10.9. The van der Waals surface area contributed by atoms with Crippen molar-refractivity contribution < 1.29 is 9.63 Å². The molecule has 2 heterocycles. The number of aryl methyl sites for hydroxylation is 1. The monoisotopic (exact) mass is 259 g/mol. The maximum atomic E-state index is 10.0. The van der Waals surface area contributed by atoms with Gasteiger partial charge in [0.05, 0.1) is 12.0 Å². The average Bonchev–Trinajstić information content (AvgIpc) is 2.89. The van der Waals surface area contributed by atoms with Crippen molar-refractivity contribution in [3.05, 3.63) is 29.8 Å². The van der Waals surface area contributed by atoms with E-state index in [1.165, 1.54) is 0 Å². The second-order valence-corrected chi connectivity index (χ2v) is 5.08. The predicted molar refractivity (Wildman–Crippen MR) is 69.5 cm³/mol. The van der Waals surface area contributed by atoms with Crippen LogP contribution in [0.15, 0.2) is 22.7 Å². The van der Waals surface area contributed by atoms with Crippen molar-refractivity contribution in [3.8, 4) is 11.5 Å². The third-order valence-corrected chi connectivity index (χ3v) is 3.61. The van der Waals surface area contributed by atoms with Crippen molar-refractivity contribution in [2.24, 2.45) is 0 Å². The van der Waals surface area contributed by atoms with Gasteiger partial charge in [0, 0.05) is 5.69 Å². The quantitative estimate of drug-likeness (QED) is 0.896. The minimum Gasteiger partial charge on any atom is -0.392 e. The molecule has 0 spiro atoms. The smallest absolute Gasteiger partial charge is 0.232 e. The van der Waals surface area contributed by atoms with Crippen LogP contribution < -0.4 is 0 Å². The van der Waals surface area contributed by atoms with Crippen LogP contribution in [0.4, 0.5) is 0 Å². The fourth-order valence-electron chi connectivity index (χ4n) is 2.56. The van der Waals surface area contributed by atoms with E-state index in [1.54, 1.807) is 0 Å². The Balaban J connectivity index is 1.86. The fraction of sp³-hybridized carbons (Fsp3) is 0.500. The molecule has 100 valence electrons. The van der Waals surface area contributed by atoms with Gasteiger partial charge >= 0.3 is 0 Å². The highest BCUT2D eigenvalue weighted by Crippen LogP contribution is 2.32. The Morgan fingerprint density at radius 2 is 2.05 bits per heavy atom. The van der Waals surface area contributed by atoms with E-state index in [4.69, 9.17) is 4.52 Å². The van der Waals surface area contributed by atoms with Crippen molar-refractivity contribution in [2.45, 2.75) is 44.6 Å². The van der Waals surface area contributed by atoms with Crippen LogP contribution >= 0.6 is 0 Å². The van der Waals surface area contributed by atoms with Crippen LogP contribution in [-0.4, -0.2) is 26.3 Å². The molecule has 3 rings (SSSR count). The van der Waals surface area contributed by atoms with Crippen molar-refractivity contribution in [1.82, 2.24) is 15.1 Å². The van der Waals surface area contributed by atoms with E-state index >= 15 is 0 Å². The number of hydrogen-bond donors (Lipinski definition) is 1. The van der Waals surface area contributed by atoms with Gasteiger partial charge < -0.3 is 9.63 Å². The summed E-state index contributed by atoms with van der Waals surface area (Å²) >= 11 is 0. The number of nitrogens with zero attached hydrogens (tertiary/aromatic N) is 3. The Bertz CT molecular complexity index is 567. The fourth-order valence-corrected chi connectivity index (χ4v) is 2.56. The second-order valence-electron chi connectivity index (χ2n) is 5.08. The lowest BCUT2D eigenvalue weighted by atomic mass is 9.86. The molecule has 5 nitrogen and oxygen atoms in total. The zero-order chi connectivity index (χ0) is 13.2. The number of aromatic nitrogens is 3. The Morgan fingerprint density at radius 3 is 2.84 bits per heavy atom. The number of aliphatic hydroxyl groups excluding tert-OH is 1. The standard InChI is InChI=1S/C14H17N3O2/c1-9-5-4-7-11(15-9)13-16-14(19-17-13)10-6-2-3-8-12(10)18/h4-5,7,10,12,18H,2-3,6,8H2,1H3. The van der Waals surface area contributed by atoms with Crippen LogP contribution in [0.5, 0.6) is 0 Å². The van der Waals surface area contributed by atoms with E-state index in [-0.39, 0.29) is 12.0 Å². The Kier molecular flexibility index (Phi) is 3.29. The summed E-state index contributed by atoms with van der Waals surface area (Å²) in [6.45, 7) is 1.93. The summed E-state index contributed by atoms with van der Waals surface area (Å²) in [7, 11) is 0. The first-order chi connectivity index (χ1) is 9.24. The molecule has 0 saturated heterocycles. The summed E-state index contributed by atoms with van der Waals surface area (Å²) < 4.78 is 5.31. The summed E-state index contributed by atoms with van der Waals surface area (Å²) in [6, 6.07) is 5.71. The number of aliphatic hydroxyl groups is 1. The molecule has 0 amide bonds. The number of hydrogen-bond acceptors (Lipinski definition) is 5. The van der Waals surface area contributed by atoms with Gasteiger partial charge in [-0.25, -0.2) is 4.98 Å². The molecule has 1 saturated carbocycles. The highest BCUT2D eigenvalue weighted by Gasteiger charge is 2.29. The molecule has 2 aromatic rings. The van der Waals surface area contributed by atoms with Crippen molar-refractivity contribution >= 4 is 0 Å². The Hall–Kier alpha value is -1.75. The van der Waals surface area contributed by atoms with Crippen molar-refractivity contribution in [1.29, 1.82) is 0 Å². The predicted octanol–water partition coefficient (Wildman–Crippen LogP) is 2.46. The number of pyridine rings is 1. The molecule has 0 aromatic carbocycles. The van der Waals surface area contributed by atoms with Gasteiger partial charge in [-0.1, -0.05) is 24.1 Å². The van der Waals surface area contributed by atoms with Crippen LogP contribution in [0.2, 0.25) is 0 Å². The molecule has 19 heavy (non-hydrogen) atoms. The van der Waals surface area contributed by atoms with Crippen molar-refractivity contribution in [2.75, 3.05) is 0 Å². The lowest BCUT2D eigenvalue weighted by Crippen LogP contribution is -2.22. The molecule has 2 aromatic heterocycles. The average molecular weight is 259 g/mol. The van der Waals surface area contributed by atoms with Gasteiger partial charge in [0.15, 0.2) is 0 Å². The van der Waals surface area contributed by atoms with E-state index in [2.05, 4.69) is 15.1 Å². The SMILES string of the molecule is Cc1cccc(-c2noc(C3CCCCC3O)n2)n1. The first-order valence-electron chi connectivity index (χ1n) is 6.70. The molecule has 0 radical (unpaired) electrons. The largest absolute Gasteiger partial charge is 0.392 e. The topological polar surface area (TPSA) is 72.0 Å². The number of rotatable bonds is 2. The van der Waals surface area contributed by atoms with Gasteiger partial charge in [0.1, 0.15) is 5.69 Å². The molecular weight excluding hydrogens is 242 g/mol. The highest BCUT2D eigenvalue weighted by atomic mass is 16.5. The molecular formula is C14H17N3O2. The molecule has 1 N–H and O–H groups in total. The second kappa shape index (κ2) is 5.09. The summed E-state index contributed by atoms with van der Waals surface area (Å²) in [5.74, 6) is 1.00.